The highest BCUT2D eigenvalue weighted by atomic mass is 35.5. The van der Waals surface area contributed by atoms with Crippen LogP contribution in [0.15, 0.2) is 0 Å². The number of amides is 1. The molecule has 0 bridgehead atoms. The number of carbonyl (C=O) groups is 2. The minimum atomic E-state index is -1.38. The van der Waals surface area contributed by atoms with Crippen LogP contribution >= 0.6 is 24.8 Å². The molecule has 0 spiro atoms. The Labute approximate surface area is 171 Å². The summed E-state index contributed by atoms with van der Waals surface area (Å²) in [4.78, 5) is 26.0. The second-order valence-electron chi connectivity index (χ2n) is 7.14. The Morgan fingerprint density at radius 1 is 1.33 bits per heavy atom. The Bertz CT molecular complexity index is 516. The van der Waals surface area contributed by atoms with Crippen molar-refractivity contribution in [1.29, 1.82) is 0 Å². The number of unbranched alkanes of at least 4 members (excludes halogenated alkanes) is 1. The van der Waals surface area contributed by atoms with Gasteiger partial charge in [-0.3, -0.25) is 14.9 Å². The topological polar surface area (TPSA) is 156 Å². The van der Waals surface area contributed by atoms with Crippen LogP contribution in [0.4, 0.5) is 0 Å². The lowest BCUT2D eigenvalue weighted by Crippen LogP contribution is -2.52. The second-order valence-corrected chi connectivity index (χ2v) is 7.14. The third-order valence-corrected chi connectivity index (χ3v) is 5.56. The van der Waals surface area contributed by atoms with Gasteiger partial charge in [0.1, 0.15) is 11.6 Å². The number of aliphatic carboxylic acids is 1. The first-order valence-electron chi connectivity index (χ1n) is 8.79. The maximum atomic E-state index is 12.5. The summed E-state index contributed by atoms with van der Waals surface area (Å²) in [6.07, 6.45) is 1.22. The van der Waals surface area contributed by atoms with Crippen LogP contribution in [-0.4, -0.2) is 81.0 Å². The van der Waals surface area contributed by atoms with Gasteiger partial charge in [-0.25, -0.2) is 0 Å². The van der Waals surface area contributed by atoms with E-state index in [4.69, 9.17) is 15.8 Å². The fourth-order valence-corrected chi connectivity index (χ4v) is 4.12. The first kappa shape index (κ1) is 26.4. The molecule has 27 heavy (non-hydrogen) atoms. The highest BCUT2D eigenvalue weighted by molar-refractivity contribution is 6.40. The Hall–Kier alpha value is -0.615. The molecule has 7 N–H and O–H groups in total. The Kier molecular flexibility index (Phi) is 10.6. The van der Waals surface area contributed by atoms with Gasteiger partial charge >= 0.3 is 13.1 Å². The zero-order valence-electron chi connectivity index (χ0n) is 15.3. The highest BCUT2D eigenvalue weighted by Gasteiger charge is 2.58. The summed E-state index contributed by atoms with van der Waals surface area (Å²) in [7, 11) is -1.38. The minimum Gasteiger partial charge on any atom is -0.480 e. The van der Waals surface area contributed by atoms with Gasteiger partial charge in [-0.2, -0.15) is 0 Å². The molecule has 0 radical (unpaired) electrons. The predicted molar refractivity (Wildman–Crippen MR) is 105 cm³/mol. The molecule has 0 aromatic heterocycles. The third-order valence-electron chi connectivity index (χ3n) is 5.56. The maximum Gasteiger partial charge on any atom is 0.451 e. The first-order valence-corrected chi connectivity index (χ1v) is 8.79. The fourth-order valence-electron chi connectivity index (χ4n) is 4.12. The van der Waals surface area contributed by atoms with Gasteiger partial charge in [-0.15, -0.1) is 24.8 Å². The number of carboxylic acids is 1. The van der Waals surface area contributed by atoms with Crippen molar-refractivity contribution < 1.29 is 29.9 Å². The Morgan fingerprint density at radius 3 is 2.48 bits per heavy atom. The summed E-state index contributed by atoms with van der Waals surface area (Å²) in [5.41, 5.74) is 4.64. The molecule has 2 rings (SSSR count). The summed E-state index contributed by atoms with van der Waals surface area (Å²) in [5, 5.41) is 40.3. The average molecular weight is 430 g/mol. The van der Waals surface area contributed by atoms with Crippen molar-refractivity contribution in [2.24, 2.45) is 11.7 Å². The number of nitrogens with one attached hydrogen (secondary N) is 1. The van der Waals surface area contributed by atoms with Crippen LogP contribution in [0, 0.1) is 5.92 Å². The van der Waals surface area contributed by atoms with Crippen molar-refractivity contribution in [2.45, 2.75) is 62.7 Å². The molecular formula is C15H30BCl2N3O6. The fraction of sp³-hybridized carbons (Fsp3) is 0.867. The molecule has 12 heteroatoms. The Balaban J connectivity index is 0.00000338. The van der Waals surface area contributed by atoms with E-state index in [-0.39, 0.29) is 49.0 Å². The van der Waals surface area contributed by atoms with Gasteiger partial charge in [0.05, 0.1) is 6.10 Å². The molecule has 0 aliphatic carbocycles. The molecule has 2 heterocycles. The molecular weight excluding hydrogens is 400 g/mol. The molecule has 2 saturated heterocycles. The molecule has 9 nitrogen and oxygen atoms in total. The van der Waals surface area contributed by atoms with E-state index in [0.717, 1.165) is 0 Å². The third kappa shape index (κ3) is 5.47. The summed E-state index contributed by atoms with van der Waals surface area (Å²) >= 11 is 0. The molecule has 0 aromatic rings. The molecule has 0 saturated carbocycles. The smallest absolute Gasteiger partial charge is 0.451 e. The summed E-state index contributed by atoms with van der Waals surface area (Å²) < 4.78 is 0. The molecule has 2 aliphatic rings. The van der Waals surface area contributed by atoms with Crippen LogP contribution in [0.25, 0.3) is 0 Å². The lowest BCUT2D eigenvalue weighted by molar-refractivity contribution is -0.147. The normalized spacial score (nSPS) is 28.6. The number of fused-ring (bicyclic) bond motifs is 1. The zero-order valence-corrected chi connectivity index (χ0v) is 16.9. The van der Waals surface area contributed by atoms with E-state index in [9.17, 15) is 19.8 Å². The van der Waals surface area contributed by atoms with Crippen molar-refractivity contribution in [3.05, 3.63) is 0 Å². The molecule has 1 amide bonds. The van der Waals surface area contributed by atoms with Crippen LogP contribution in [0.5, 0.6) is 0 Å². The Morgan fingerprint density at radius 2 is 1.96 bits per heavy atom. The lowest BCUT2D eigenvalue weighted by Gasteiger charge is -2.31. The van der Waals surface area contributed by atoms with E-state index in [1.165, 1.54) is 6.92 Å². The van der Waals surface area contributed by atoms with Crippen molar-refractivity contribution >= 4 is 43.8 Å². The zero-order chi connectivity index (χ0) is 18.8. The van der Waals surface area contributed by atoms with E-state index >= 15 is 0 Å². The maximum absolute atomic E-state index is 12.5. The number of carboxylic acid groups (broad SMARTS) is 1. The van der Waals surface area contributed by atoms with E-state index < -0.39 is 30.8 Å². The second kappa shape index (κ2) is 10.8. The van der Waals surface area contributed by atoms with Crippen molar-refractivity contribution in [2.75, 3.05) is 13.1 Å². The lowest BCUT2D eigenvalue weighted by atomic mass is 9.77. The van der Waals surface area contributed by atoms with Crippen LogP contribution < -0.4 is 11.1 Å². The number of likely N-dealkylation sites (tertiary alicyclic amines) is 1. The van der Waals surface area contributed by atoms with Gasteiger partial charge in [-0.05, 0) is 26.1 Å². The average Bonchev–Trinajstić information content (AvgIpc) is 3.11. The number of carbonyl (C=O) groups excluding carboxylic acids is 1. The van der Waals surface area contributed by atoms with E-state index in [0.29, 0.717) is 38.8 Å². The van der Waals surface area contributed by atoms with Crippen LogP contribution in [0.1, 0.15) is 32.6 Å². The van der Waals surface area contributed by atoms with E-state index in [1.807, 2.05) is 0 Å². The first-order chi connectivity index (χ1) is 11.7. The van der Waals surface area contributed by atoms with Gasteiger partial charge < -0.3 is 30.9 Å². The molecule has 2 aliphatic heterocycles. The molecule has 0 unspecified atom stereocenters. The van der Waals surface area contributed by atoms with Gasteiger partial charge in [-0.1, -0.05) is 12.8 Å². The van der Waals surface area contributed by atoms with E-state index in [2.05, 4.69) is 5.32 Å². The SMILES string of the molecule is C[C@H](O)[C@@H](N)C(=O)N1CC[C@H]2[C@@H]1CN[C@@]2(CCCCB(O)O)C(=O)O.Cl.Cl. The van der Waals surface area contributed by atoms with Crippen molar-refractivity contribution in [3.63, 3.8) is 0 Å². The van der Waals surface area contributed by atoms with Crippen LogP contribution in [0.2, 0.25) is 6.32 Å². The predicted octanol–water partition coefficient (Wildman–Crippen LogP) is -1.18. The summed E-state index contributed by atoms with van der Waals surface area (Å²) in [6.45, 7) is 2.26. The van der Waals surface area contributed by atoms with Gasteiger partial charge in [0.15, 0.2) is 0 Å². The number of aliphatic hydroxyl groups is 1. The van der Waals surface area contributed by atoms with Gasteiger partial charge in [0.25, 0.3) is 0 Å². The van der Waals surface area contributed by atoms with Gasteiger partial charge in [0.2, 0.25) is 5.91 Å². The molecule has 0 aromatic carbocycles. The number of hydrogen-bond donors (Lipinski definition) is 6. The summed E-state index contributed by atoms with van der Waals surface area (Å²) in [6, 6.07) is -1.26. The van der Waals surface area contributed by atoms with Gasteiger partial charge in [0, 0.05) is 25.0 Å². The molecule has 2 fully saturated rings. The van der Waals surface area contributed by atoms with Crippen molar-refractivity contribution in [1.82, 2.24) is 10.2 Å². The number of nitrogens with two attached hydrogens (primary N) is 1. The van der Waals surface area contributed by atoms with Crippen LogP contribution in [-0.2, 0) is 9.59 Å². The highest BCUT2D eigenvalue weighted by Crippen LogP contribution is 2.41. The molecule has 5 atom stereocenters. The van der Waals surface area contributed by atoms with E-state index in [1.54, 1.807) is 4.90 Å². The number of rotatable bonds is 8. The molecule has 158 valence electrons. The van der Waals surface area contributed by atoms with Crippen LogP contribution in [0.3, 0.4) is 0 Å². The minimum absolute atomic E-state index is 0. The largest absolute Gasteiger partial charge is 0.480 e. The van der Waals surface area contributed by atoms with Crippen molar-refractivity contribution in [3.8, 4) is 0 Å². The summed E-state index contributed by atoms with van der Waals surface area (Å²) in [5.74, 6) is -1.53. The monoisotopic (exact) mass is 429 g/mol. The standard InChI is InChI=1S/C15H28BN3O6.2ClH/c1-9(20)12(17)13(21)19-7-4-10-11(19)8-18-15(10,14(22)23)5-2-3-6-16(24)25;;/h9-12,18,20,24-25H,2-8,17H2,1H3,(H,22,23);2*1H/t9-,10-,11-,12+,15+;;/m0../s1. The number of aliphatic hydroxyl groups excluding tert-OH is 1. The number of hydrogen-bond acceptors (Lipinski definition) is 7. The number of halogens is 2. The quantitative estimate of drug-likeness (QED) is 0.208. The number of nitrogens with zero attached hydrogens (tertiary/aromatic N) is 1.